The van der Waals surface area contributed by atoms with E-state index in [0.717, 1.165) is 6.42 Å². The molecule has 0 unspecified atom stereocenters. The third-order valence-electron chi connectivity index (χ3n) is 0.538. The first-order valence-corrected chi connectivity index (χ1v) is 3.12. The van der Waals surface area contributed by atoms with Gasteiger partial charge in [0.05, 0.1) is 0 Å². The lowest BCUT2D eigenvalue weighted by molar-refractivity contribution is 0.358. The first kappa shape index (κ1) is 6.31. The average Bonchev–Trinajstić information content (AvgIpc) is 1.65. The van der Waals surface area contributed by atoms with Crippen LogP contribution < -0.4 is 0 Å². The Labute approximate surface area is 42.8 Å². The Morgan fingerprint density at radius 1 is 1.83 bits per heavy atom. The van der Waals surface area contributed by atoms with Crippen LogP contribution in [0.1, 0.15) is 13.3 Å². The van der Waals surface area contributed by atoms with E-state index in [4.69, 9.17) is 5.11 Å². The highest BCUT2D eigenvalue weighted by molar-refractivity contribution is 8.01. The zero-order valence-corrected chi connectivity index (χ0v) is 4.88. The summed E-state index contributed by atoms with van der Waals surface area (Å²) in [6.07, 6.45) is 2.62. The number of rotatable bonds is 2. The van der Waals surface area contributed by atoms with E-state index >= 15 is 0 Å². The highest BCUT2D eigenvalue weighted by atomic mass is 32.2. The van der Waals surface area contributed by atoms with Crippen molar-refractivity contribution in [3.8, 4) is 0 Å². The maximum atomic E-state index is 8.55. The third-order valence-corrected chi connectivity index (χ3v) is 1.30. The summed E-state index contributed by atoms with van der Waals surface area (Å²) in [6, 6.07) is 0. The van der Waals surface area contributed by atoms with E-state index in [1.165, 1.54) is 11.8 Å². The third kappa shape index (κ3) is 2.54. The van der Waals surface area contributed by atoms with Gasteiger partial charge in [-0.25, -0.2) is 0 Å². The van der Waals surface area contributed by atoms with Gasteiger partial charge in [-0.2, -0.15) is 0 Å². The van der Waals surface area contributed by atoms with Crippen LogP contribution in [0.2, 0.25) is 0 Å². The van der Waals surface area contributed by atoms with Gasteiger partial charge in [-0.1, -0.05) is 6.92 Å². The summed E-state index contributed by atoms with van der Waals surface area (Å²) in [5.74, 6) is 0. The molecule has 1 N–H and O–H groups in total. The van der Waals surface area contributed by atoms with Crippen molar-refractivity contribution >= 4 is 11.8 Å². The minimum atomic E-state index is 0.509. The Morgan fingerprint density at radius 2 is 2.33 bits per heavy atom. The summed E-state index contributed by atoms with van der Waals surface area (Å²) < 4.78 is 0. The molecule has 0 aromatic carbocycles. The number of hydrogen-bond acceptors (Lipinski definition) is 2. The zero-order valence-electron chi connectivity index (χ0n) is 4.06. The van der Waals surface area contributed by atoms with Crippen LogP contribution in [-0.2, 0) is 0 Å². The summed E-state index contributed by atoms with van der Waals surface area (Å²) in [5.41, 5.74) is 0.509. The van der Waals surface area contributed by atoms with Crippen LogP contribution in [-0.4, -0.2) is 11.4 Å². The van der Waals surface area contributed by atoms with Crippen LogP contribution in [0.15, 0.2) is 0 Å². The van der Waals surface area contributed by atoms with Gasteiger partial charge in [0.25, 0.3) is 0 Å². The molecule has 0 aliphatic carbocycles. The summed E-state index contributed by atoms with van der Waals surface area (Å²) >= 11 is 1.40. The fraction of sp³-hybridized carbons (Fsp3) is 0.750. The first-order chi connectivity index (χ1) is 2.81. The second-order valence-corrected chi connectivity index (χ2v) is 1.83. The number of aliphatic hydroxyl groups is 1. The van der Waals surface area contributed by atoms with E-state index in [-0.39, 0.29) is 0 Å². The lowest BCUT2D eigenvalue weighted by atomic mass is 10.5. The Hall–Kier alpha value is 0.310. The molecule has 1 radical (unpaired) electrons. The second-order valence-electron chi connectivity index (χ2n) is 0.951. The molecule has 0 aromatic heterocycles. The van der Waals surface area contributed by atoms with Crippen molar-refractivity contribution < 1.29 is 5.11 Å². The average molecular weight is 105 g/mol. The van der Waals surface area contributed by atoms with E-state index in [0.29, 0.717) is 5.44 Å². The number of aliphatic hydroxyl groups excluding tert-OH is 1. The fourth-order valence-electron chi connectivity index (χ4n) is 0.144. The molecule has 2 heteroatoms. The summed E-state index contributed by atoms with van der Waals surface area (Å²) in [5, 5.41) is 8.55. The molecule has 0 aromatic rings. The molecule has 37 valence electrons. The normalized spacial score (nSPS) is 10.0. The Kier molecular flexibility index (Phi) is 3.68. The molecule has 0 aliphatic rings. The van der Waals surface area contributed by atoms with Gasteiger partial charge >= 0.3 is 0 Å². The molecule has 0 heterocycles. The van der Waals surface area contributed by atoms with Crippen molar-refractivity contribution in [1.82, 2.24) is 0 Å². The van der Waals surface area contributed by atoms with Gasteiger partial charge in [0.2, 0.25) is 0 Å². The van der Waals surface area contributed by atoms with Crippen molar-refractivity contribution in [2.45, 2.75) is 13.3 Å². The monoisotopic (exact) mass is 105 g/mol. The van der Waals surface area contributed by atoms with Gasteiger partial charge < -0.3 is 5.11 Å². The summed E-state index contributed by atoms with van der Waals surface area (Å²) in [7, 11) is 0. The minimum absolute atomic E-state index is 0.509. The molecule has 0 aliphatic heterocycles. The fourth-order valence-corrected chi connectivity index (χ4v) is 0.433. The van der Waals surface area contributed by atoms with Crippen LogP contribution in [0.5, 0.6) is 0 Å². The van der Waals surface area contributed by atoms with Crippen LogP contribution >= 0.6 is 11.8 Å². The Morgan fingerprint density at radius 3 is 2.33 bits per heavy atom. The van der Waals surface area contributed by atoms with Crippen LogP contribution in [0.25, 0.3) is 0 Å². The molecule has 0 fully saturated rings. The van der Waals surface area contributed by atoms with E-state index in [1.54, 1.807) is 0 Å². The topological polar surface area (TPSA) is 20.2 Å². The molecular formula is C4H9OS. The molecule has 0 spiro atoms. The van der Waals surface area contributed by atoms with Gasteiger partial charge in [0.15, 0.2) is 0 Å². The van der Waals surface area contributed by atoms with E-state index in [1.807, 2.05) is 13.2 Å². The lowest BCUT2D eigenvalue weighted by Crippen LogP contribution is -1.81. The van der Waals surface area contributed by atoms with Gasteiger partial charge in [-0.15, -0.1) is 11.8 Å². The Bertz CT molecular complexity index is 26.7. The van der Waals surface area contributed by atoms with Gasteiger partial charge in [0, 0.05) is 0 Å². The largest absolute Gasteiger partial charge is 0.376 e. The van der Waals surface area contributed by atoms with E-state index in [9.17, 15) is 0 Å². The predicted octanol–water partition coefficient (Wildman–Crippen LogP) is 1.62. The second kappa shape index (κ2) is 3.50. The molecule has 1 nitrogen and oxygen atoms in total. The highest BCUT2D eigenvalue weighted by Gasteiger charge is 1.93. The van der Waals surface area contributed by atoms with Crippen molar-refractivity contribution in [3.63, 3.8) is 0 Å². The first-order valence-electron chi connectivity index (χ1n) is 1.90. The quantitative estimate of drug-likeness (QED) is 0.576. The Balaban J connectivity index is 2.75. The zero-order chi connectivity index (χ0) is 4.99. The molecular weight excluding hydrogens is 96.1 g/mol. The van der Waals surface area contributed by atoms with Crippen molar-refractivity contribution in [1.29, 1.82) is 0 Å². The van der Waals surface area contributed by atoms with Gasteiger partial charge in [-0.3, -0.25) is 0 Å². The molecule has 0 saturated heterocycles. The van der Waals surface area contributed by atoms with E-state index < -0.39 is 0 Å². The highest BCUT2D eigenvalue weighted by Crippen LogP contribution is 2.13. The smallest absolute Gasteiger partial charge is 0.147 e. The molecule has 6 heavy (non-hydrogen) atoms. The van der Waals surface area contributed by atoms with Crippen LogP contribution in [0.4, 0.5) is 0 Å². The maximum Gasteiger partial charge on any atom is 0.147 e. The van der Waals surface area contributed by atoms with Gasteiger partial charge in [0.1, 0.15) is 5.44 Å². The van der Waals surface area contributed by atoms with E-state index in [2.05, 4.69) is 0 Å². The maximum absolute atomic E-state index is 8.55. The van der Waals surface area contributed by atoms with Crippen LogP contribution in [0.3, 0.4) is 0 Å². The molecule has 0 amide bonds. The molecule has 0 saturated carbocycles. The summed E-state index contributed by atoms with van der Waals surface area (Å²) in [4.78, 5) is 0. The van der Waals surface area contributed by atoms with Crippen molar-refractivity contribution in [2.24, 2.45) is 0 Å². The molecule has 0 rings (SSSR count). The number of thioether (sulfide) groups is 1. The van der Waals surface area contributed by atoms with Gasteiger partial charge in [-0.05, 0) is 12.7 Å². The SMILES string of the molecule is CC[C](O)SC. The minimum Gasteiger partial charge on any atom is -0.376 e. The summed E-state index contributed by atoms with van der Waals surface area (Å²) in [6.45, 7) is 1.92. The van der Waals surface area contributed by atoms with Crippen LogP contribution in [0, 0.1) is 5.44 Å². The lowest BCUT2D eigenvalue weighted by Gasteiger charge is -1.95. The standard InChI is InChI=1S/C4H9OS/c1-3-4(5)6-2/h5H,3H2,1-2H3. The van der Waals surface area contributed by atoms with Crippen molar-refractivity contribution in [3.05, 3.63) is 5.44 Å². The molecule has 0 atom stereocenters. The number of hydrogen-bond donors (Lipinski definition) is 1. The molecule has 0 bridgehead atoms. The van der Waals surface area contributed by atoms with Crippen molar-refractivity contribution in [2.75, 3.05) is 6.26 Å². The predicted molar refractivity (Wildman–Crippen MR) is 29.0 cm³/mol.